The van der Waals surface area contributed by atoms with Gasteiger partial charge in [0.2, 0.25) is 5.88 Å². The van der Waals surface area contributed by atoms with Gasteiger partial charge in [-0.1, -0.05) is 19.9 Å². The molecule has 1 aromatic rings. The van der Waals surface area contributed by atoms with Crippen LogP contribution in [-0.4, -0.2) is 17.1 Å². The van der Waals surface area contributed by atoms with Crippen LogP contribution in [0.5, 0.6) is 5.88 Å². The molecule has 1 aromatic heterocycles. The lowest BCUT2D eigenvalue weighted by Crippen LogP contribution is -2.33. The van der Waals surface area contributed by atoms with Gasteiger partial charge in [0.25, 0.3) is 0 Å². The van der Waals surface area contributed by atoms with E-state index in [0.717, 1.165) is 18.7 Å². The van der Waals surface area contributed by atoms with E-state index in [1.807, 2.05) is 25.1 Å². The van der Waals surface area contributed by atoms with Crippen molar-refractivity contribution in [3.63, 3.8) is 0 Å². The number of hydrogen-bond donors (Lipinski definition) is 1. The lowest BCUT2D eigenvalue weighted by molar-refractivity contribution is 0.327. The smallest absolute Gasteiger partial charge is 0.215 e. The first-order valence-corrected chi connectivity index (χ1v) is 6.01. The molecule has 0 saturated heterocycles. The average Bonchev–Trinajstić information content (AvgIpc) is 2.30. The van der Waals surface area contributed by atoms with Crippen molar-refractivity contribution in [2.45, 2.75) is 46.1 Å². The van der Waals surface area contributed by atoms with Gasteiger partial charge in [-0.05, 0) is 32.8 Å². The topological polar surface area (TPSA) is 34.1 Å². The van der Waals surface area contributed by atoms with Crippen LogP contribution in [0.4, 0.5) is 5.82 Å². The zero-order valence-corrected chi connectivity index (χ0v) is 10.7. The van der Waals surface area contributed by atoms with Crippen LogP contribution in [0, 0.1) is 0 Å². The van der Waals surface area contributed by atoms with Crippen LogP contribution in [0.2, 0.25) is 0 Å². The molecule has 1 heterocycles. The molecule has 0 aliphatic rings. The molecule has 0 fully saturated rings. The largest absolute Gasteiger partial charge is 0.478 e. The molecule has 1 N–H and O–H groups in total. The highest BCUT2D eigenvalue weighted by Gasteiger charge is 2.19. The number of nitrogens with one attached hydrogen (secondary N) is 1. The summed E-state index contributed by atoms with van der Waals surface area (Å²) in [5.74, 6) is 1.57. The molecule has 1 rings (SSSR count). The van der Waals surface area contributed by atoms with Crippen molar-refractivity contribution in [2.24, 2.45) is 0 Å². The first-order chi connectivity index (χ1) is 7.63. The van der Waals surface area contributed by atoms with E-state index >= 15 is 0 Å². The van der Waals surface area contributed by atoms with E-state index in [-0.39, 0.29) is 5.54 Å². The standard InChI is InChI=1S/C13H22N2O/c1-5-13(4,6-2)15-11-9-8-10-12(14-11)16-7-3/h8-10H,5-7H2,1-4H3,(H,14,15). The van der Waals surface area contributed by atoms with E-state index in [4.69, 9.17) is 4.74 Å². The lowest BCUT2D eigenvalue weighted by atomic mass is 9.96. The Bertz CT molecular complexity index is 321. The summed E-state index contributed by atoms with van der Waals surface area (Å²) in [6.07, 6.45) is 2.15. The van der Waals surface area contributed by atoms with E-state index < -0.39 is 0 Å². The van der Waals surface area contributed by atoms with Gasteiger partial charge in [-0.3, -0.25) is 0 Å². The molecule has 3 nitrogen and oxygen atoms in total. The number of aromatic nitrogens is 1. The molecular formula is C13H22N2O. The molecule has 0 aliphatic heterocycles. The number of nitrogens with zero attached hydrogens (tertiary/aromatic N) is 1. The molecule has 16 heavy (non-hydrogen) atoms. The maximum absolute atomic E-state index is 5.38. The second-order valence-electron chi connectivity index (χ2n) is 4.19. The second-order valence-corrected chi connectivity index (χ2v) is 4.19. The number of anilines is 1. The minimum atomic E-state index is 0.109. The summed E-state index contributed by atoms with van der Waals surface area (Å²) in [4.78, 5) is 4.41. The zero-order valence-electron chi connectivity index (χ0n) is 10.7. The third kappa shape index (κ3) is 3.40. The van der Waals surface area contributed by atoms with E-state index in [1.54, 1.807) is 0 Å². The van der Waals surface area contributed by atoms with E-state index in [1.165, 1.54) is 0 Å². The molecule has 0 aliphatic carbocycles. The Kier molecular flexibility index (Phi) is 4.59. The molecule has 90 valence electrons. The highest BCUT2D eigenvalue weighted by atomic mass is 16.5. The number of hydrogen-bond acceptors (Lipinski definition) is 3. The molecule has 0 bridgehead atoms. The average molecular weight is 222 g/mol. The monoisotopic (exact) mass is 222 g/mol. The Hall–Kier alpha value is -1.25. The van der Waals surface area contributed by atoms with Gasteiger partial charge in [-0.15, -0.1) is 0 Å². The summed E-state index contributed by atoms with van der Waals surface area (Å²) >= 11 is 0. The van der Waals surface area contributed by atoms with Crippen LogP contribution >= 0.6 is 0 Å². The summed E-state index contributed by atoms with van der Waals surface area (Å²) < 4.78 is 5.38. The quantitative estimate of drug-likeness (QED) is 0.800. The first kappa shape index (κ1) is 12.8. The summed E-state index contributed by atoms with van der Waals surface area (Å²) in [7, 11) is 0. The van der Waals surface area contributed by atoms with Crippen molar-refractivity contribution in [2.75, 3.05) is 11.9 Å². The fourth-order valence-corrected chi connectivity index (χ4v) is 1.45. The van der Waals surface area contributed by atoms with Crippen molar-refractivity contribution >= 4 is 5.82 Å². The summed E-state index contributed by atoms with van der Waals surface area (Å²) in [5.41, 5.74) is 0.109. The maximum Gasteiger partial charge on any atom is 0.215 e. The Balaban J connectivity index is 2.76. The minimum Gasteiger partial charge on any atom is -0.478 e. The maximum atomic E-state index is 5.38. The predicted octanol–water partition coefficient (Wildman–Crippen LogP) is 3.47. The van der Waals surface area contributed by atoms with Gasteiger partial charge in [0.15, 0.2) is 0 Å². The summed E-state index contributed by atoms with van der Waals surface area (Å²) in [5, 5.41) is 3.46. The van der Waals surface area contributed by atoms with E-state index in [0.29, 0.717) is 12.5 Å². The van der Waals surface area contributed by atoms with Gasteiger partial charge in [-0.25, -0.2) is 0 Å². The summed E-state index contributed by atoms with van der Waals surface area (Å²) in [6.45, 7) is 9.19. The summed E-state index contributed by atoms with van der Waals surface area (Å²) in [6, 6.07) is 5.82. The molecular weight excluding hydrogens is 200 g/mol. The van der Waals surface area contributed by atoms with Crippen LogP contribution in [0.25, 0.3) is 0 Å². The van der Waals surface area contributed by atoms with Crippen LogP contribution in [0.3, 0.4) is 0 Å². The Morgan fingerprint density at radius 1 is 1.25 bits per heavy atom. The zero-order chi connectivity index (χ0) is 12.0. The van der Waals surface area contributed by atoms with Crippen molar-refractivity contribution < 1.29 is 4.74 Å². The molecule has 0 radical (unpaired) electrons. The number of pyridine rings is 1. The van der Waals surface area contributed by atoms with E-state index in [2.05, 4.69) is 31.1 Å². The van der Waals surface area contributed by atoms with Gasteiger partial charge in [0, 0.05) is 11.6 Å². The molecule has 3 heteroatoms. The minimum absolute atomic E-state index is 0.109. The Morgan fingerprint density at radius 2 is 1.94 bits per heavy atom. The Labute approximate surface area is 98.2 Å². The first-order valence-electron chi connectivity index (χ1n) is 6.01. The van der Waals surface area contributed by atoms with Gasteiger partial charge >= 0.3 is 0 Å². The van der Waals surface area contributed by atoms with Gasteiger partial charge in [-0.2, -0.15) is 4.98 Å². The fourth-order valence-electron chi connectivity index (χ4n) is 1.45. The van der Waals surface area contributed by atoms with Crippen LogP contribution in [0.1, 0.15) is 40.5 Å². The highest BCUT2D eigenvalue weighted by Crippen LogP contribution is 2.21. The molecule has 0 aromatic carbocycles. The lowest BCUT2D eigenvalue weighted by Gasteiger charge is -2.28. The van der Waals surface area contributed by atoms with Crippen LogP contribution in [-0.2, 0) is 0 Å². The second kappa shape index (κ2) is 5.73. The third-order valence-corrected chi connectivity index (χ3v) is 3.01. The van der Waals surface area contributed by atoms with Gasteiger partial charge < -0.3 is 10.1 Å². The van der Waals surface area contributed by atoms with Gasteiger partial charge in [0.1, 0.15) is 5.82 Å². The fraction of sp³-hybridized carbons (Fsp3) is 0.615. The SMILES string of the molecule is CCOc1cccc(NC(C)(CC)CC)n1. The van der Waals surface area contributed by atoms with E-state index in [9.17, 15) is 0 Å². The van der Waals surface area contributed by atoms with Crippen LogP contribution in [0.15, 0.2) is 18.2 Å². The molecule has 0 spiro atoms. The Morgan fingerprint density at radius 3 is 2.50 bits per heavy atom. The molecule has 0 amide bonds. The highest BCUT2D eigenvalue weighted by molar-refractivity contribution is 5.39. The van der Waals surface area contributed by atoms with Crippen molar-refractivity contribution in [3.05, 3.63) is 18.2 Å². The normalized spacial score (nSPS) is 11.2. The van der Waals surface area contributed by atoms with Crippen molar-refractivity contribution in [1.82, 2.24) is 4.98 Å². The molecule has 0 atom stereocenters. The predicted molar refractivity (Wildman–Crippen MR) is 68.0 cm³/mol. The number of rotatable bonds is 6. The van der Waals surface area contributed by atoms with Gasteiger partial charge in [0.05, 0.1) is 6.61 Å². The molecule has 0 saturated carbocycles. The third-order valence-electron chi connectivity index (χ3n) is 3.01. The van der Waals surface area contributed by atoms with Crippen molar-refractivity contribution in [3.8, 4) is 5.88 Å². The van der Waals surface area contributed by atoms with Crippen LogP contribution < -0.4 is 10.1 Å². The molecule has 0 unspecified atom stereocenters. The number of ether oxygens (including phenoxy) is 1. The van der Waals surface area contributed by atoms with Crippen molar-refractivity contribution in [1.29, 1.82) is 0 Å².